The van der Waals surface area contributed by atoms with Crippen molar-refractivity contribution in [2.75, 3.05) is 11.9 Å². The molecule has 0 amide bonds. The van der Waals surface area contributed by atoms with Crippen molar-refractivity contribution >= 4 is 32.4 Å². The molecule has 0 bridgehead atoms. The van der Waals surface area contributed by atoms with Gasteiger partial charge in [-0.25, -0.2) is 4.39 Å². The Morgan fingerprint density at radius 1 is 1.30 bits per heavy atom. The molecule has 0 aliphatic rings. The van der Waals surface area contributed by atoms with Crippen LogP contribution in [0.4, 0.5) is 9.52 Å². The highest BCUT2D eigenvalue weighted by atomic mass is 79.9. The van der Waals surface area contributed by atoms with Crippen LogP contribution in [-0.2, 0) is 6.42 Å². The lowest BCUT2D eigenvalue weighted by Crippen LogP contribution is -2.05. The van der Waals surface area contributed by atoms with Crippen LogP contribution < -0.4 is 5.32 Å². The molecule has 0 saturated carbocycles. The van der Waals surface area contributed by atoms with Crippen LogP contribution in [0.25, 0.3) is 10.6 Å². The third kappa shape index (κ3) is 3.59. The van der Waals surface area contributed by atoms with Crippen molar-refractivity contribution in [1.29, 1.82) is 0 Å². The first-order valence-electron chi connectivity index (χ1n) is 6.99. The monoisotopic (exact) mass is 396 g/mol. The molecule has 5 nitrogen and oxygen atoms in total. The first-order valence-corrected chi connectivity index (χ1v) is 8.60. The van der Waals surface area contributed by atoms with Crippen LogP contribution in [0.1, 0.15) is 17.0 Å². The van der Waals surface area contributed by atoms with Gasteiger partial charge < -0.3 is 9.84 Å². The molecule has 0 aliphatic carbocycles. The fourth-order valence-corrected chi connectivity index (χ4v) is 3.37. The fraction of sp³-hybridized carbons (Fsp3) is 0.267. The third-order valence-corrected chi connectivity index (χ3v) is 4.82. The molecule has 0 spiro atoms. The molecule has 2 aromatic heterocycles. The largest absolute Gasteiger partial charge is 0.361 e. The summed E-state index contributed by atoms with van der Waals surface area (Å²) >= 11 is 4.66. The summed E-state index contributed by atoms with van der Waals surface area (Å²) in [4.78, 5) is 0. The van der Waals surface area contributed by atoms with Crippen LogP contribution in [-0.4, -0.2) is 21.9 Å². The highest BCUT2D eigenvalue weighted by Gasteiger charge is 2.12. The summed E-state index contributed by atoms with van der Waals surface area (Å²) in [5.41, 5.74) is 2.44. The van der Waals surface area contributed by atoms with Crippen LogP contribution in [0.15, 0.2) is 27.2 Å². The number of rotatable bonds is 5. The lowest BCUT2D eigenvalue weighted by molar-refractivity contribution is 0.392. The van der Waals surface area contributed by atoms with Gasteiger partial charge in [0.1, 0.15) is 11.6 Å². The van der Waals surface area contributed by atoms with Gasteiger partial charge in [-0.15, -0.1) is 10.2 Å². The molecule has 23 heavy (non-hydrogen) atoms. The topological polar surface area (TPSA) is 63.8 Å². The molecule has 1 aromatic carbocycles. The van der Waals surface area contributed by atoms with E-state index in [2.05, 4.69) is 36.6 Å². The molecule has 2 heterocycles. The summed E-state index contributed by atoms with van der Waals surface area (Å²) in [6, 6.07) is 4.76. The predicted octanol–water partition coefficient (Wildman–Crippen LogP) is 4.37. The second kappa shape index (κ2) is 6.76. The first kappa shape index (κ1) is 16.1. The third-order valence-electron chi connectivity index (χ3n) is 3.42. The minimum absolute atomic E-state index is 0.313. The van der Waals surface area contributed by atoms with E-state index in [1.165, 1.54) is 17.4 Å². The Kier molecular flexibility index (Phi) is 4.72. The van der Waals surface area contributed by atoms with Gasteiger partial charge in [-0.3, -0.25) is 0 Å². The van der Waals surface area contributed by atoms with E-state index in [0.717, 1.165) is 27.9 Å². The Balaban J connectivity index is 1.67. The number of aryl methyl sites for hydroxylation is 2. The van der Waals surface area contributed by atoms with Crippen LogP contribution in [0.5, 0.6) is 0 Å². The van der Waals surface area contributed by atoms with Gasteiger partial charge in [0.2, 0.25) is 5.13 Å². The van der Waals surface area contributed by atoms with Crippen molar-refractivity contribution in [2.45, 2.75) is 20.3 Å². The van der Waals surface area contributed by atoms with Crippen LogP contribution in [0.2, 0.25) is 0 Å². The molecule has 1 N–H and O–H groups in total. The Hall–Kier alpha value is -1.80. The SMILES string of the molecule is Cc1noc(C)c1CCNc1nnc(-c2cc(Br)ccc2F)s1. The summed E-state index contributed by atoms with van der Waals surface area (Å²) in [7, 11) is 0. The van der Waals surface area contributed by atoms with Crippen molar-refractivity contribution in [3.05, 3.63) is 45.5 Å². The van der Waals surface area contributed by atoms with E-state index in [4.69, 9.17) is 4.52 Å². The maximum atomic E-state index is 13.9. The minimum Gasteiger partial charge on any atom is -0.361 e. The molecule has 120 valence electrons. The highest BCUT2D eigenvalue weighted by molar-refractivity contribution is 9.10. The molecule has 8 heteroatoms. The van der Waals surface area contributed by atoms with Crippen molar-refractivity contribution in [2.24, 2.45) is 0 Å². The summed E-state index contributed by atoms with van der Waals surface area (Å²) in [5.74, 6) is 0.519. The highest BCUT2D eigenvalue weighted by Crippen LogP contribution is 2.30. The molecule has 0 fully saturated rings. The van der Waals surface area contributed by atoms with E-state index >= 15 is 0 Å². The van der Waals surface area contributed by atoms with Gasteiger partial charge in [-0.05, 0) is 38.5 Å². The average Bonchev–Trinajstić information content (AvgIpc) is 3.11. The summed E-state index contributed by atoms with van der Waals surface area (Å²) in [5, 5.41) is 16.5. The van der Waals surface area contributed by atoms with Crippen LogP contribution in [0.3, 0.4) is 0 Å². The second-order valence-electron chi connectivity index (χ2n) is 5.02. The number of halogens is 2. The smallest absolute Gasteiger partial charge is 0.206 e. The Morgan fingerprint density at radius 3 is 2.87 bits per heavy atom. The zero-order valence-electron chi connectivity index (χ0n) is 12.6. The first-order chi connectivity index (χ1) is 11.0. The summed E-state index contributed by atoms with van der Waals surface area (Å²) in [6.07, 6.45) is 0.779. The quantitative estimate of drug-likeness (QED) is 0.693. The number of nitrogens with zero attached hydrogens (tertiary/aromatic N) is 3. The van der Waals surface area contributed by atoms with Gasteiger partial charge in [-0.2, -0.15) is 0 Å². The van der Waals surface area contributed by atoms with Gasteiger partial charge in [0, 0.05) is 22.1 Å². The van der Waals surface area contributed by atoms with Crippen LogP contribution in [0, 0.1) is 19.7 Å². The van der Waals surface area contributed by atoms with Crippen molar-refractivity contribution in [1.82, 2.24) is 15.4 Å². The lowest BCUT2D eigenvalue weighted by atomic mass is 10.1. The molecule has 0 aliphatic heterocycles. The van der Waals surface area contributed by atoms with Gasteiger partial charge in [0.25, 0.3) is 0 Å². The number of anilines is 1. The Labute approximate surface area is 145 Å². The maximum Gasteiger partial charge on any atom is 0.206 e. The Bertz CT molecular complexity index is 813. The fourth-order valence-electron chi connectivity index (χ4n) is 2.22. The maximum absolute atomic E-state index is 13.9. The number of hydrogen-bond acceptors (Lipinski definition) is 6. The van der Waals surface area contributed by atoms with E-state index in [-0.39, 0.29) is 5.82 Å². The van der Waals surface area contributed by atoms with Gasteiger partial charge in [-0.1, -0.05) is 32.4 Å². The second-order valence-corrected chi connectivity index (χ2v) is 6.91. The number of hydrogen-bond donors (Lipinski definition) is 1. The average molecular weight is 397 g/mol. The molecular weight excluding hydrogens is 383 g/mol. The molecular formula is C15H14BrFN4OS. The normalized spacial score (nSPS) is 11.0. The molecule has 0 radical (unpaired) electrons. The molecule has 0 atom stereocenters. The van der Waals surface area contributed by atoms with Crippen molar-refractivity contribution in [3.63, 3.8) is 0 Å². The van der Waals surface area contributed by atoms with Gasteiger partial charge in [0.15, 0.2) is 5.01 Å². The number of benzene rings is 1. The molecule has 3 rings (SSSR count). The molecule has 3 aromatic rings. The van der Waals surface area contributed by atoms with Gasteiger partial charge >= 0.3 is 0 Å². The Morgan fingerprint density at radius 2 is 2.13 bits per heavy atom. The zero-order chi connectivity index (χ0) is 16.4. The number of aromatic nitrogens is 3. The van der Waals surface area contributed by atoms with E-state index in [1.54, 1.807) is 12.1 Å². The van der Waals surface area contributed by atoms with E-state index in [1.807, 2.05) is 13.8 Å². The summed E-state index contributed by atoms with van der Waals surface area (Å²) in [6.45, 7) is 4.50. The standard InChI is InChI=1S/C15H14BrFN4OS/c1-8-11(9(2)22-21-8)5-6-18-15-20-19-14(23-15)12-7-10(16)3-4-13(12)17/h3-4,7H,5-6H2,1-2H3,(H,18,20). The lowest BCUT2D eigenvalue weighted by Gasteiger charge is -2.01. The molecule has 0 saturated heterocycles. The van der Waals surface area contributed by atoms with Crippen molar-refractivity contribution < 1.29 is 8.91 Å². The summed E-state index contributed by atoms with van der Waals surface area (Å²) < 4.78 is 19.8. The van der Waals surface area contributed by atoms with E-state index in [9.17, 15) is 4.39 Å². The van der Waals surface area contributed by atoms with E-state index < -0.39 is 0 Å². The molecule has 0 unspecified atom stereocenters. The van der Waals surface area contributed by atoms with Crippen molar-refractivity contribution in [3.8, 4) is 10.6 Å². The van der Waals surface area contributed by atoms with E-state index in [0.29, 0.717) is 22.2 Å². The zero-order valence-corrected chi connectivity index (χ0v) is 15.0. The minimum atomic E-state index is -0.313. The number of nitrogens with one attached hydrogen (secondary N) is 1. The van der Waals surface area contributed by atoms with Crippen LogP contribution >= 0.6 is 27.3 Å². The van der Waals surface area contributed by atoms with Gasteiger partial charge in [0.05, 0.1) is 5.69 Å². The predicted molar refractivity (Wildman–Crippen MR) is 91.2 cm³/mol.